The van der Waals surface area contributed by atoms with Gasteiger partial charge in [-0.25, -0.2) is 9.13 Å². The van der Waals surface area contributed by atoms with Gasteiger partial charge in [0.15, 0.2) is 11.0 Å². The van der Waals surface area contributed by atoms with Crippen molar-refractivity contribution in [2.45, 2.75) is 6.18 Å². The highest BCUT2D eigenvalue weighted by atomic mass is 35.5. The summed E-state index contributed by atoms with van der Waals surface area (Å²) in [5.74, 6) is -0.758. The average molecular weight is 303 g/mol. The Bertz CT molecular complexity index is 559. The van der Waals surface area contributed by atoms with Gasteiger partial charge in [0.25, 0.3) is 0 Å². The maximum atomic E-state index is 12.8. The molecular weight excluding hydrogens is 295 g/mol. The van der Waals surface area contributed by atoms with Gasteiger partial charge in [-0.2, -0.15) is 13.2 Å². The fraction of sp³-hybridized carbons (Fsp3) is 0.300. The van der Waals surface area contributed by atoms with Crippen LogP contribution in [-0.2, 0) is 20.3 Å². The predicted octanol–water partition coefficient (Wildman–Crippen LogP) is 0.332. The largest absolute Gasteiger partial charge is 1.00 e. The summed E-state index contributed by atoms with van der Waals surface area (Å²) >= 11 is 11.6. The van der Waals surface area contributed by atoms with Gasteiger partial charge in [-0.3, -0.25) is 0 Å². The summed E-state index contributed by atoms with van der Waals surface area (Å²) in [6, 6.07) is 2.85. The van der Waals surface area contributed by atoms with Crippen molar-refractivity contribution >= 4 is 34.2 Å². The van der Waals surface area contributed by atoms with Gasteiger partial charge in [-0.15, -0.1) is 0 Å². The van der Waals surface area contributed by atoms with Gasteiger partial charge in [0.2, 0.25) is 0 Å². The minimum Gasteiger partial charge on any atom is -1.00 e. The van der Waals surface area contributed by atoms with Crippen LogP contribution in [0.3, 0.4) is 0 Å². The first-order chi connectivity index (χ1) is 7.73. The van der Waals surface area contributed by atoms with E-state index in [1.165, 1.54) is 26.2 Å². The van der Waals surface area contributed by atoms with Crippen molar-refractivity contribution in [3.63, 3.8) is 0 Å². The lowest BCUT2D eigenvalue weighted by atomic mass is 10.3. The highest BCUT2D eigenvalue weighted by molar-refractivity contribution is 6.42. The smallest absolute Gasteiger partial charge is 0.495 e. The Kier molecular flexibility index (Phi) is 3.83. The summed E-state index contributed by atoms with van der Waals surface area (Å²) in [5, 5.41) is 0.461. The van der Waals surface area contributed by atoms with E-state index < -0.39 is 12.0 Å². The molecule has 0 aliphatic heterocycles. The zero-order valence-corrected chi connectivity index (χ0v) is 10.8. The van der Waals surface area contributed by atoms with Crippen molar-refractivity contribution in [3.8, 4) is 0 Å². The van der Waals surface area contributed by atoms with E-state index in [0.717, 1.165) is 9.13 Å². The highest BCUT2D eigenvalue weighted by Crippen LogP contribution is 2.32. The monoisotopic (exact) mass is 302 g/mol. The number of nitrogens with zero attached hydrogens (tertiary/aromatic N) is 2. The van der Waals surface area contributed by atoms with Crippen LogP contribution in [0.5, 0.6) is 0 Å². The molecule has 2 rings (SSSR count). The number of alkyl halides is 3. The molecule has 1 aromatic heterocycles. The lowest BCUT2D eigenvalue weighted by Gasteiger charge is -2.01. The molecule has 0 radical (unpaired) electrons. The van der Waals surface area contributed by atoms with Gasteiger partial charge < -0.3 is 4.70 Å². The molecule has 1 heterocycles. The first kappa shape index (κ1) is 15.0. The summed E-state index contributed by atoms with van der Waals surface area (Å²) in [5.41, 5.74) is 0.767. The van der Waals surface area contributed by atoms with Crippen LogP contribution in [0, 0.1) is 0 Å². The van der Waals surface area contributed by atoms with E-state index in [1.54, 1.807) is 0 Å². The predicted molar refractivity (Wildman–Crippen MR) is 59.1 cm³/mol. The Morgan fingerprint density at radius 1 is 1.17 bits per heavy atom. The molecule has 18 heavy (non-hydrogen) atoms. The SMILES string of the molecule is Cn1c(C(F)(F)F)[n+](C)c2cc(Cl)c(Cl)cc21.[F-]. The molecule has 0 bridgehead atoms. The van der Waals surface area contributed by atoms with Crippen molar-refractivity contribution in [2.24, 2.45) is 14.1 Å². The molecular formula is C10H8Cl2F4N2. The number of imidazole rings is 1. The van der Waals surface area contributed by atoms with E-state index in [9.17, 15) is 13.2 Å². The number of aromatic nitrogens is 2. The second-order valence-corrected chi connectivity index (χ2v) is 4.51. The topological polar surface area (TPSA) is 8.81 Å². The summed E-state index contributed by atoms with van der Waals surface area (Å²) in [7, 11) is 2.69. The van der Waals surface area contributed by atoms with Crippen molar-refractivity contribution in [2.75, 3.05) is 0 Å². The van der Waals surface area contributed by atoms with Gasteiger partial charge in [0, 0.05) is 12.1 Å². The van der Waals surface area contributed by atoms with Crippen LogP contribution in [0.15, 0.2) is 12.1 Å². The molecule has 0 aliphatic carbocycles. The zero-order valence-electron chi connectivity index (χ0n) is 9.32. The van der Waals surface area contributed by atoms with Crippen LogP contribution in [0.1, 0.15) is 5.82 Å². The van der Waals surface area contributed by atoms with Crippen molar-refractivity contribution in [1.82, 2.24) is 4.57 Å². The quantitative estimate of drug-likeness (QED) is 0.490. The van der Waals surface area contributed by atoms with E-state index in [2.05, 4.69) is 0 Å². The number of fused-ring (bicyclic) bond motifs is 1. The Balaban J connectivity index is 0.00000162. The van der Waals surface area contributed by atoms with Gasteiger partial charge in [0.1, 0.15) is 0 Å². The summed E-state index contributed by atoms with van der Waals surface area (Å²) in [6.45, 7) is 0. The number of benzene rings is 1. The zero-order chi connectivity index (χ0) is 13.0. The van der Waals surface area contributed by atoms with Crippen LogP contribution < -0.4 is 9.27 Å². The lowest BCUT2D eigenvalue weighted by molar-refractivity contribution is -0.667. The third-order valence-corrected chi connectivity index (χ3v) is 3.35. The molecule has 0 atom stereocenters. The van der Waals surface area contributed by atoms with Gasteiger partial charge in [-0.1, -0.05) is 23.2 Å². The summed E-state index contributed by atoms with van der Waals surface area (Å²) in [6.07, 6.45) is -4.43. The normalized spacial score (nSPS) is 11.7. The van der Waals surface area contributed by atoms with E-state index in [0.29, 0.717) is 11.0 Å². The molecule has 0 N–H and O–H groups in total. The Morgan fingerprint density at radius 2 is 1.67 bits per heavy atom. The first-order valence-electron chi connectivity index (χ1n) is 4.64. The van der Waals surface area contributed by atoms with Crippen LogP contribution >= 0.6 is 23.2 Å². The minimum atomic E-state index is -4.43. The molecule has 0 saturated heterocycles. The molecule has 0 amide bonds. The molecule has 0 fully saturated rings. The molecule has 0 unspecified atom stereocenters. The van der Waals surface area contributed by atoms with Gasteiger partial charge >= 0.3 is 12.0 Å². The standard InChI is InChI=1S/C10H8Cl2F3N2.FH/c1-16-7-3-5(11)6(12)4-8(7)17(2)9(16)10(13,14)15;/h3-4H,1-2H3;1H/q+1;/p-1. The molecule has 0 aliphatic rings. The van der Waals surface area contributed by atoms with E-state index in [1.807, 2.05) is 0 Å². The second kappa shape index (κ2) is 4.59. The second-order valence-electron chi connectivity index (χ2n) is 3.69. The van der Waals surface area contributed by atoms with Crippen LogP contribution in [0.25, 0.3) is 11.0 Å². The lowest BCUT2D eigenvalue weighted by Crippen LogP contribution is -3.00. The van der Waals surface area contributed by atoms with Crippen molar-refractivity contribution in [3.05, 3.63) is 28.0 Å². The summed E-state index contributed by atoms with van der Waals surface area (Å²) in [4.78, 5) is 0. The molecule has 100 valence electrons. The average Bonchev–Trinajstić information content (AvgIpc) is 2.40. The van der Waals surface area contributed by atoms with Gasteiger partial charge in [0.05, 0.1) is 24.1 Å². The molecule has 8 heteroatoms. The fourth-order valence-corrected chi connectivity index (χ4v) is 2.21. The number of hydrogen-bond acceptors (Lipinski definition) is 0. The van der Waals surface area contributed by atoms with Crippen LogP contribution in [0.2, 0.25) is 10.0 Å². The minimum absolute atomic E-state index is 0. The van der Waals surface area contributed by atoms with E-state index >= 15 is 0 Å². The molecule has 0 saturated carbocycles. The van der Waals surface area contributed by atoms with Crippen molar-refractivity contribution < 1.29 is 22.4 Å². The van der Waals surface area contributed by atoms with E-state index in [-0.39, 0.29) is 14.7 Å². The van der Waals surface area contributed by atoms with E-state index in [4.69, 9.17) is 23.2 Å². The maximum Gasteiger partial charge on any atom is 0.495 e. The summed E-state index contributed by atoms with van der Waals surface area (Å²) < 4.78 is 40.6. The molecule has 2 nitrogen and oxygen atoms in total. The Hall–Kier alpha value is -1.01. The number of halogens is 6. The third kappa shape index (κ3) is 2.14. The molecule has 1 aromatic carbocycles. The number of hydrogen-bond donors (Lipinski definition) is 0. The number of aryl methyl sites for hydroxylation is 2. The third-order valence-electron chi connectivity index (χ3n) is 2.63. The molecule has 2 aromatic rings. The highest BCUT2D eigenvalue weighted by Gasteiger charge is 2.45. The Labute approximate surface area is 110 Å². The van der Waals surface area contributed by atoms with Crippen LogP contribution in [-0.4, -0.2) is 4.57 Å². The number of rotatable bonds is 0. The molecule has 0 spiro atoms. The van der Waals surface area contributed by atoms with Crippen LogP contribution in [0.4, 0.5) is 13.2 Å². The first-order valence-corrected chi connectivity index (χ1v) is 5.39. The fourth-order valence-electron chi connectivity index (χ4n) is 1.90. The van der Waals surface area contributed by atoms with Crippen molar-refractivity contribution in [1.29, 1.82) is 0 Å². The van der Waals surface area contributed by atoms with Gasteiger partial charge in [-0.05, 0) is 0 Å². The Morgan fingerprint density at radius 3 is 2.17 bits per heavy atom. The maximum absolute atomic E-state index is 12.8.